The van der Waals surface area contributed by atoms with Crippen LogP contribution in [0.15, 0.2) is 30.3 Å². The fraction of sp³-hybridized carbons (Fsp3) is 0.385. The molecule has 5 heteroatoms. The summed E-state index contributed by atoms with van der Waals surface area (Å²) in [6.45, 7) is 0. The quantitative estimate of drug-likeness (QED) is 0.789. The van der Waals surface area contributed by atoms with Crippen LogP contribution in [0.1, 0.15) is 16.8 Å². The Bertz CT molecular complexity index is 509. The number of hydroxylamine groups is 2. The number of hydrogen-bond acceptors (Lipinski definition) is 4. The van der Waals surface area contributed by atoms with E-state index in [-0.39, 0.29) is 12.0 Å². The van der Waals surface area contributed by atoms with Crippen molar-refractivity contribution >= 4 is 5.91 Å². The van der Waals surface area contributed by atoms with Crippen molar-refractivity contribution in [3.05, 3.63) is 35.9 Å². The van der Waals surface area contributed by atoms with E-state index in [0.29, 0.717) is 12.0 Å². The molecule has 0 spiro atoms. The first-order valence-corrected chi connectivity index (χ1v) is 5.85. The van der Waals surface area contributed by atoms with Crippen LogP contribution in [0, 0.1) is 17.2 Å². The Balaban J connectivity index is 1.82. The number of hydrogen-bond donors (Lipinski definition) is 1. The first kappa shape index (κ1) is 11.2. The van der Waals surface area contributed by atoms with Crippen LogP contribution in [-0.4, -0.2) is 34.3 Å². The Labute approximate surface area is 104 Å². The molecule has 3 rings (SSSR count). The topological polar surface area (TPSA) is 73.6 Å². The molecule has 2 bridgehead atoms. The Morgan fingerprint density at radius 3 is 2.78 bits per heavy atom. The number of nitrogens with zero attached hydrogens (tertiary/aromatic N) is 2. The Kier molecular flexibility index (Phi) is 2.54. The molecular formula is C13H12N2O3. The molecule has 0 aromatic heterocycles. The van der Waals surface area contributed by atoms with Gasteiger partial charge in [0.1, 0.15) is 12.0 Å². The number of fused-ring (bicyclic) bond motifs is 2. The van der Waals surface area contributed by atoms with Crippen LogP contribution in [-0.2, 0) is 4.84 Å². The molecule has 4 atom stereocenters. The number of carbonyl (C=O) groups excluding carboxylic acids is 1. The molecule has 1 heterocycles. The molecule has 0 radical (unpaired) electrons. The average molecular weight is 244 g/mol. The van der Waals surface area contributed by atoms with Gasteiger partial charge < -0.3 is 5.11 Å². The van der Waals surface area contributed by atoms with Gasteiger partial charge in [-0.25, -0.2) is 5.06 Å². The van der Waals surface area contributed by atoms with Crippen molar-refractivity contribution in [3.8, 4) is 6.07 Å². The molecule has 1 aliphatic carbocycles. The smallest absolute Gasteiger partial charge is 0.277 e. The minimum absolute atomic E-state index is 0.265. The van der Waals surface area contributed by atoms with Crippen LogP contribution in [0.2, 0.25) is 0 Å². The first-order chi connectivity index (χ1) is 8.72. The minimum atomic E-state index is -0.818. The van der Waals surface area contributed by atoms with Crippen molar-refractivity contribution in [2.45, 2.75) is 24.7 Å². The highest BCUT2D eigenvalue weighted by molar-refractivity contribution is 5.93. The van der Waals surface area contributed by atoms with Crippen molar-refractivity contribution in [2.75, 3.05) is 0 Å². The molecule has 1 aromatic rings. The lowest BCUT2D eigenvalue weighted by Gasteiger charge is -2.31. The van der Waals surface area contributed by atoms with E-state index in [2.05, 4.69) is 0 Å². The number of benzene rings is 1. The van der Waals surface area contributed by atoms with Gasteiger partial charge >= 0.3 is 0 Å². The molecule has 2 aliphatic rings. The molecule has 5 nitrogen and oxygen atoms in total. The maximum atomic E-state index is 12.2. The standard InChI is InChI=1S/C13H12N2O3/c14-7-9-11-6-10(12(9)16)15(18-11)13(17)8-4-2-1-3-5-8/h1-5,9-12,16H,6H2/t9-,10-,11+,12-/m1/s1. The van der Waals surface area contributed by atoms with Gasteiger partial charge in [-0.2, -0.15) is 5.26 Å². The van der Waals surface area contributed by atoms with Crippen molar-refractivity contribution in [2.24, 2.45) is 5.92 Å². The van der Waals surface area contributed by atoms with Crippen LogP contribution in [0.5, 0.6) is 0 Å². The van der Waals surface area contributed by atoms with Gasteiger partial charge in [-0.1, -0.05) is 18.2 Å². The van der Waals surface area contributed by atoms with Crippen LogP contribution in [0.4, 0.5) is 0 Å². The highest BCUT2D eigenvalue weighted by Gasteiger charge is 2.55. The highest BCUT2D eigenvalue weighted by Crippen LogP contribution is 2.40. The van der Waals surface area contributed by atoms with E-state index in [4.69, 9.17) is 10.1 Å². The largest absolute Gasteiger partial charge is 0.389 e. The fourth-order valence-corrected chi connectivity index (χ4v) is 2.62. The van der Waals surface area contributed by atoms with E-state index in [0.717, 1.165) is 0 Å². The molecular weight excluding hydrogens is 232 g/mol. The average Bonchev–Trinajstić information content (AvgIpc) is 2.96. The lowest BCUT2D eigenvalue weighted by atomic mass is 10.0. The summed E-state index contributed by atoms with van der Waals surface area (Å²) in [4.78, 5) is 17.6. The molecule has 1 saturated carbocycles. The van der Waals surface area contributed by atoms with Crippen LogP contribution >= 0.6 is 0 Å². The molecule has 1 saturated heterocycles. The number of rotatable bonds is 1. The number of aliphatic hydroxyl groups is 1. The maximum absolute atomic E-state index is 12.2. The summed E-state index contributed by atoms with van der Waals surface area (Å²) in [5, 5.41) is 20.1. The number of amides is 1. The van der Waals surface area contributed by atoms with Gasteiger partial charge in [-0.3, -0.25) is 9.63 Å². The lowest BCUT2D eigenvalue weighted by molar-refractivity contribution is -0.189. The lowest BCUT2D eigenvalue weighted by Crippen LogP contribution is -2.48. The third-order valence-electron chi connectivity index (χ3n) is 3.56. The Hall–Kier alpha value is -1.90. The van der Waals surface area contributed by atoms with Gasteiger partial charge in [0, 0.05) is 12.0 Å². The molecule has 1 aliphatic heterocycles. The van der Waals surface area contributed by atoms with Gasteiger partial charge in [0.15, 0.2) is 0 Å². The number of nitriles is 1. The molecule has 1 amide bonds. The van der Waals surface area contributed by atoms with Gasteiger partial charge in [-0.05, 0) is 12.1 Å². The Morgan fingerprint density at radius 1 is 1.44 bits per heavy atom. The summed E-state index contributed by atoms with van der Waals surface area (Å²) >= 11 is 0. The summed E-state index contributed by atoms with van der Waals surface area (Å²) in [6, 6.07) is 10.4. The summed E-state index contributed by atoms with van der Waals surface area (Å²) in [6.07, 6.45) is -0.665. The van der Waals surface area contributed by atoms with Gasteiger partial charge in [0.2, 0.25) is 0 Å². The van der Waals surface area contributed by atoms with Crippen molar-refractivity contribution < 1.29 is 14.7 Å². The van der Waals surface area contributed by atoms with Crippen molar-refractivity contribution in [1.29, 1.82) is 5.26 Å². The number of carbonyl (C=O) groups is 1. The van der Waals surface area contributed by atoms with E-state index in [9.17, 15) is 9.90 Å². The number of aliphatic hydroxyl groups excluding tert-OH is 1. The highest BCUT2D eigenvalue weighted by atomic mass is 16.7. The van der Waals surface area contributed by atoms with Crippen LogP contribution < -0.4 is 0 Å². The van der Waals surface area contributed by atoms with Crippen molar-refractivity contribution in [3.63, 3.8) is 0 Å². The van der Waals surface area contributed by atoms with Gasteiger partial charge in [0.05, 0.1) is 18.2 Å². The van der Waals surface area contributed by atoms with Crippen molar-refractivity contribution in [1.82, 2.24) is 5.06 Å². The third kappa shape index (κ3) is 1.50. The van der Waals surface area contributed by atoms with E-state index in [1.807, 2.05) is 12.1 Å². The molecule has 2 fully saturated rings. The fourth-order valence-electron chi connectivity index (χ4n) is 2.62. The summed E-state index contributed by atoms with van der Waals surface area (Å²) in [7, 11) is 0. The van der Waals surface area contributed by atoms with E-state index >= 15 is 0 Å². The third-order valence-corrected chi connectivity index (χ3v) is 3.56. The normalized spacial score (nSPS) is 33.4. The molecule has 18 heavy (non-hydrogen) atoms. The maximum Gasteiger partial charge on any atom is 0.277 e. The zero-order valence-electron chi connectivity index (χ0n) is 9.56. The molecule has 0 unspecified atom stereocenters. The molecule has 1 N–H and O–H groups in total. The predicted molar refractivity (Wildman–Crippen MR) is 61.0 cm³/mol. The summed E-state index contributed by atoms with van der Waals surface area (Å²) < 4.78 is 0. The zero-order valence-corrected chi connectivity index (χ0v) is 9.56. The van der Waals surface area contributed by atoms with E-state index in [1.54, 1.807) is 24.3 Å². The second kappa shape index (κ2) is 4.09. The zero-order chi connectivity index (χ0) is 12.7. The minimum Gasteiger partial charge on any atom is -0.389 e. The molecule has 92 valence electrons. The van der Waals surface area contributed by atoms with Gasteiger partial charge in [0.25, 0.3) is 5.91 Å². The first-order valence-electron chi connectivity index (χ1n) is 5.85. The van der Waals surface area contributed by atoms with Crippen LogP contribution in [0.3, 0.4) is 0 Å². The second-order valence-corrected chi connectivity index (χ2v) is 4.59. The second-order valence-electron chi connectivity index (χ2n) is 4.59. The summed E-state index contributed by atoms with van der Waals surface area (Å²) in [5.41, 5.74) is 0.519. The monoisotopic (exact) mass is 244 g/mol. The molecule has 1 aromatic carbocycles. The van der Waals surface area contributed by atoms with Gasteiger partial charge in [-0.15, -0.1) is 0 Å². The van der Waals surface area contributed by atoms with Crippen LogP contribution in [0.25, 0.3) is 0 Å². The summed E-state index contributed by atoms with van der Waals surface area (Å²) in [5.74, 6) is -0.798. The SMILES string of the molecule is N#C[C@H]1[C@@H](O)[C@H]2C[C@@H]1ON2C(=O)c1ccccc1. The Morgan fingerprint density at radius 2 is 2.17 bits per heavy atom. The van der Waals surface area contributed by atoms with E-state index < -0.39 is 18.1 Å². The van der Waals surface area contributed by atoms with E-state index in [1.165, 1.54) is 5.06 Å². The predicted octanol–water partition coefficient (Wildman–Crippen LogP) is 0.716.